The Hall–Kier alpha value is -1.54. The number of rotatable bonds is 4. The highest BCUT2D eigenvalue weighted by Crippen LogP contribution is 2.32. The van der Waals surface area contributed by atoms with Crippen molar-refractivity contribution in [3.8, 4) is 17.6 Å². The lowest BCUT2D eigenvalue weighted by atomic mass is 9.93. The van der Waals surface area contributed by atoms with Crippen molar-refractivity contribution >= 4 is 10.8 Å². The summed E-state index contributed by atoms with van der Waals surface area (Å²) in [5.74, 6) is 1.84. The maximum atomic E-state index is 12.3. The Morgan fingerprint density at radius 3 is 2.70 bits per heavy atom. The molecule has 0 fully saturated rings. The summed E-state index contributed by atoms with van der Waals surface area (Å²) in [6, 6.07) is 7.63. The van der Waals surface area contributed by atoms with E-state index in [9.17, 15) is 4.21 Å². The smallest absolute Gasteiger partial charge is 0.162 e. The molecule has 0 radical (unpaired) electrons. The number of benzene rings is 1. The van der Waals surface area contributed by atoms with E-state index in [0.717, 1.165) is 11.3 Å². The Labute approximate surface area is 122 Å². The molecular weight excluding hydrogens is 274 g/mol. The van der Waals surface area contributed by atoms with Crippen LogP contribution >= 0.6 is 0 Å². The Balaban J connectivity index is 2.08. The van der Waals surface area contributed by atoms with E-state index in [1.807, 2.05) is 26.0 Å². The summed E-state index contributed by atoms with van der Waals surface area (Å²) in [6.07, 6.45) is 1.45. The Kier molecular flexibility index (Phi) is 4.66. The van der Waals surface area contributed by atoms with Crippen LogP contribution in [0.15, 0.2) is 23.1 Å². The van der Waals surface area contributed by atoms with Crippen LogP contribution in [0, 0.1) is 16.7 Å². The maximum absolute atomic E-state index is 12.3. The number of ether oxygens (including phenoxy) is 2. The zero-order valence-corrected chi connectivity index (χ0v) is 12.7. The van der Waals surface area contributed by atoms with Crippen molar-refractivity contribution < 1.29 is 13.7 Å². The van der Waals surface area contributed by atoms with Crippen LogP contribution in [0.25, 0.3) is 0 Å². The van der Waals surface area contributed by atoms with Gasteiger partial charge in [-0.05, 0) is 32.4 Å². The minimum absolute atomic E-state index is 0.443. The predicted octanol–water partition coefficient (Wildman–Crippen LogP) is 2.90. The van der Waals surface area contributed by atoms with Crippen LogP contribution in [0.4, 0.5) is 0 Å². The molecule has 0 spiro atoms. The fraction of sp³-hybridized carbons (Fsp3) is 0.533. The third kappa shape index (κ3) is 3.73. The lowest BCUT2D eigenvalue weighted by Crippen LogP contribution is -2.12. The van der Waals surface area contributed by atoms with E-state index in [-0.39, 0.29) is 0 Å². The van der Waals surface area contributed by atoms with Crippen molar-refractivity contribution in [2.45, 2.75) is 31.6 Å². The fourth-order valence-corrected chi connectivity index (χ4v) is 3.20. The molecule has 2 rings (SSSR count). The van der Waals surface area contributed by atoms with Gasteiger partial charge in [0, 0.05) is 23.1 Å². The monoisotopic (exact) mass is 293 g/mol. The van der Waals surface area contributed by atoms with Crippen LogP contribution in [0.1, 0.15) is 26.7 Å². The molecule has 0 aromatic heterocycles. The van der Waals surface area contributed by atoms with Crippen LogP contribution in [0.2, 0.25) is 0 Å². The van der Waals surface area contributed by atoms with Crippen molar-refractivity contribution in [1.29, 1.82) is 5.26 Å². The van der Waals surface area contributed by atoms with Gasteiger partial charge in [0.15, 0.2) is 11.5 Å². The SMILES string of the molecule is CC(C)(C#N)CCS(=O)c1ccc2c(c1)OCCCO2. The lowest BCUT2D eigenvalue weighted by molar-refractivity contribution is 0.297. The quantitative estimate of drug-likeness (QED) is 0.856. The second-order valence-corrected chi connectivity index (χ2v) is 7.03. The average molecular weight is 293 g/mol. The molecule has 0 N–H and O–H groups in total. The third-order valence-electron chi connectivity index (χ3n) is 3.20. The first-order valence-corrected chi connectivity index (χ1v) is 8.03. The second-order valence-electron chi connectivity index (χ2n) is 5.45. The van der Waals surface area contributed by atoms with Gasteiger partial charge < -0.3 is 9.47 Å². The van der Waals surface area contributed by atoms with Crippen molar-refractivity contribution in [3.05, 3.63) is 18.2 Å². The first kappa shape index (κ1) is 14.9. The molecule has 1 heterocycles. The number of nitriles is 1. The summed E-state index contributed by atoms with van der Waals surface area (Å²) < 4.78 is 23.4. The van der Waals surface area contributed by atoms with Crippen LogP contribution in [0.5, 0.6) is 11.5 Å². The van der Waals surface area contributed by atoms with Crippen LogP contribution < -0.4 is 9.47 Å². The molecule has 0 aliphatic carbocycles. The molecule has 0 bridgehead atoms. The predicted molar refractivity (Wildman–Crippen MR) is 77.3 cm³/mol. The number of nitrogens with zero attached hydrogens (tertiary/aromatic N) is 1. The van der Waals surface area contributed by atoms with Gasteiger partial charge in [-0.3, -0.25) is 4.21 Å². The molecule has 1 aliphatic heterocycles. The van der Waals surface area contributed by atoms with Gasteiger partial charge in [-0.1, -0.05) is 0 Å². The van der Waals surface area contributed by atoms with Gasteiger partial charge >= 0.3 is 0 Å². The van der Waals surface area contributed by atoms with E-state index < -0.39 is 16.2 Å². The topological polar surface area (TPSA) is 59.3 Å². The highest BCUT2D eigenvalue weighted by molar-refractivity contribution is 7.85. The molecule has 1 unspecified atom stereocenters. The van der Waals surface area contributed by atoms with Crippen molar-refractivity contribution in [3.63, 3.8) is 0 Å². The van der Waals surface area contributed by atoms with Gasteiger partial charge in [0.1, 0.15) is 0 Å². The van der Waals surface area contributed by atoms with Crippen molar-refractivity contribution in [2.24, 2.45) is 5.41 Å². The van der Waals surface area contributed by atoms with E-state index in [4.69, 9.17) is 14.7 Å². The average Bonchev–Trinajstić information content (AvgIpc) is 2.69. The van der Waals surface area contributed by atoms with Gasteiger partial charge in [0.05, 0.1) is 35.5 Å². The minimum Gasteiger partial charge on any atom is -0.490 e. The summed E-state index contributed by atoms with van der Waals surface area (Å²) in [5, 5.41) is 8.98. The summed E-state index contributed by atoms with van der Waals surface area (Å²) in [4.78, 5) is 0.725. The van der Waals surface area contributed by atoms with E-state index in [1.54, 1.807) is 6.07 Å². The summed E-state index contributed by atoms with van der Waals surface area (Å²) in [7, 11) is -1.12. The Bertz CT molecular complexity index is 549. The second kappa shape index (κ2) is 6.27. The molecule has 108 valence electrons. The molecule has 1 atom stereocenters. The number of fused-ring (bicyclic) bond motifs is 1. The third-order valence-corrected chi connectivity index (χ3v) is 4.55. The molecular formula is C15H19NO3S. The molecule has 1 aromatic rings. The van der Waals surface area contributed by atoms with E-state index >= 15 is 0 Å². The number of hydrogen-bond acceptors (Lipinski definition) is 4. The van der Waals surface area contributed by atoms with Crippen LogP contribution in [-0.4, -0.2) is 23.2 Å². The van der Waals surface area contributed by atoms with E-state index in [1.165, 1.54) is 0 Å². The molecule has 5 heteroatoms. The standard InChI is InChI=1S/C15H19NO3S/c1-15(2,11-16)6-9-20(17)12-4-5-13-14(10-12)19-8-3-7-18-13/h4-5,10H,3,6-9H2,1-2H3. The maximum Gasteiger partial charge on any atom is 0.162 e. The molecule has 4 nitrogen and oxygen atoms in total. The van der Waals surface area contributed by atoms with Gasteiger partial charge in [-0.2, -0.15) is 5.26 Å². The highest BCUT2D eigenvalue weighted by atomic mass is 32.2. The van der Waals surface area contributed by atoms with Crippen molar-refractivity contribution in [2.75, 3.05) is 19.0 Å². The lowest BCUT2D eigenvalue weighted by Gasteiger charge is -2.14. The number of hydrogen-bond donors (Lipinski definition) is 0. The van der Waals surface area contributed by atoms with Crippen LogP contribution in [0.3, 0.4) is 0 Å². The summed E-state index contributed by atoms with van der Waals surface area (Å²) in [5.41, 5.74) is -0.443. The molecule has 0 amide bonds. The normalized spacial score (nSPS) is 16.1. The van der Waals surface area contributed by atoms with E-state index in [0.29, 0.717) is 36.9 Å². The largest absolute Gasteiger partial charge is 0.490 e. The van der Waals surface area contributed by atoms with Gasteiger partial charge in [-0.25, -0.2) is 0 Å². The molecule has 1 aliphatic rings. The zero-order chi connectivity index (χ0) is 14.6. The summed E-state index contributed by atoms with van der Waals surface area (Å²) in [6.45, 7) is 4.98. The highest BCUT2D eigenvalue weighted by Gasteiger charge is 2.19. The Morgan fingerprint density at radius 1 is 1.30 bits per heavy atom. The Morgan fingerprint density at radius 2 is 2.00 bits per heavy atom. The molecule has 0 saturated heterocycles. The van der Waals surface area contributed by atoms with Gasteiger partial charge in [-0.15, -0.1) is 0 Å². The first-order valence-electron chi connectivity index (χ1n) is 6.71. The zero-order valence-electron chi connectivity index (χ0n) is 11.8. The van der Waals surface area contributed by atoms with Crippen molar-refractivity contribution in [1.82, 2.24) is 0 Å². The minimum atomic E-state index is -1.12. The molecule has 1 aromatic carbocycles. The molecule has 0 saturated carbocycles. The summed E-state index contributed by atoms with van der Waals surface area (Å²) >= 11 is 0. The van der Waals surface area contributed by atoms with E-state index in [2.05, 4.69) is 6.07 Å². The van der Waals surface area contributed by atoms with Gasteiger partial charge in [0.2, 0.25) is 0 Å². The first-order chi connectivity index (χ1) is 9.52. The fourth-order valence-electron chi connectivity index (χ4n) is 1.81. The van der Waals surface area contributed by atoms with Crippen LogP contribution in [-0.2, 0) is 10.8 Å². The molecule has 20 heavy (non-hydrogen) atoms. The van der Waals surface area contributed by atoms with Gasteiger partial charge in [0.25, 0.3) is 0 Å².